The summed E-state index contributed by atoms with van der Waals surface area (Å²) in [5, 5.41) is 12.3. The first-order valence-corrected chi connectivity index (χ1v) is 5.70. The first-order valence-electron chi connectivity index (χ1n) is 4.44. The van der Waals surface area contributed by atoms with Gasteiger partial charge in [-0.2, -0.15) is 0 Å². The van der Waals surface area contributed by atoms with Crippen LogP contribution in [0.15, 0.2) is 5.38 Å². The van der Waals surface area contributed by atoms with Gasteiger partial charge in [0.15, 0.2) is 0 Å². The number of ether oxygens (including phenoxy) is 1. The molecule has 7 heteroatoms. The first kappa shape index (κ1) is 10.7. The Morgan fingerprint density at radius 2 is 2.20 bits per heavy atom. The third-order valence-electron chi connectivity index (χ3n) is 2.23. The minimum atomic E-state index is -0.396. The van der Waals surface area contributed by atoms with E-state index < -0.39 is 4.92 Å². The summed E-state index contributed by atoms with van der Waals surface area (Å²) in [5.41, 5.74) is 0.627. The van der Waals surface area contributed by atoms with Crippen LogP contribution in [0.3, 0.4) is 0 Å². The summed E-state index contributed by atoms with van der Waals surface area (Å²) in [4.78, 5) is 12.3. The molecule has 0 unspecified atom stereocenters. The molecule has 1 aromatic heterocycles. The van der Waals surface area contributed by atoms with Crippen molar-refractivity contribution in [1.29, 1.82) is 0 Å². The quantitative estimate of drug-likeness (QED) is 0.594. The average Bonchev–Trinajstić information content (AvgIpc) is 2.61. The number of hydrogen-bond acceptors (Lipinski definition) is 5. The van der Waals surface area contributed by atoms with E-state index in [-0.39, 0.29) is 5.69 Å². The normalized spacial score (nSPS) is 16.7. The molecule has 1 aliphatic heterocycles. The Hall–Kier alpha value is -0.850. The molecule has 0 N–H and O–H groups in total. The van der Waals surface area contributed by atoms with E-state index in [1.165, 1.54) is 16.7 Å². The number of morpholine rings is 1. The van der Waals surface area contributed by atoms with Crippen LogP contribution in [-0.4, -0.2) is 31.2 Å². The minimum Gasteiger partial charge on any atom is -0.378 e. The molecular weight excluding hydrogens is 240 g/mol. The van der Waals surface area contributed by atoms with Crippen molar-refractivity contribution >= 4 is 34.3 Å². The zero-order valence-corrected chi connectivity index (χ0v) is 9.38. The summed E-state index contributed by atoms with van der Waals surface area (Å²) in [5.74, 6) is 0. The van der Waals surface area contributed by atoms with Crippen LogP contribution >= 0.6 is 22.9 Å². The molecule has 0 atom stereocenters. The zero-order chi connectivity index (χ0) is 10.8. The molecule has 2 heterocycles. The van der Waals surface area contributed by atoms with Gasteiger partial charge in [-0.3, -0.25) is 10.1 Å². The molecule has 1 aromatic rings. The fourth-order valence-electron chi connectivity index (χ4n) is 1.52. The van der Waals surface area contributed by atoms with E-state index in [2.05, 4.69) is 0 Å². The Morgan fingerprint density at radius 1 is 1.53 bits per heavy atom. The van der Waals surface area contributed by atoms with Crippen LogP contribution in [0, 0.1) is 10.1 Å². The van der Waals surface area contributed by atoms with Crippen molar-refractivity contribution in [3.8, 4) is 0 Å². The van der Waals surface area contributed by atoms with Gasteiger partial charge in [-0.25, -0.2) is 0 Å². The molecule has 1 fully saturated rings. The van der Waals surface area contributed by atoms with Gasteiger partial charge in [-0.1, -0.05) is 11.6 Å². The van der Waals surface area contributed by atoms with Crippen LogP contribution in [0.2, 0.25) is 4.34 Å². The van der Waals surface area contributed by atoms with E-state index in [4.69, 9.17) is 16.3 Å². The highest BCUT2D eigenvalue weighted by Crippen LogP contribution is 2.41. The third-order valence-corrected chi connectivity index (χ3v) is 3.41. The predicted octanol–water partition coefficient (Wildman–Crippen LogP) is 2.15. The Labute approximate surface area is 95.4 Å². The van der Waals surface area contributed by atoms with E-state index in [1.54, 1.807) is 0 Å². The second-order valence-electron chi connectivity index (χ2n) is 3.10. The monoisotopic (exact) mass is 248 g/mol. The molecule has 0 aliphatic carbocycles. The van der Waals surface area contributed by atoms with Gasteiger partial charge in [-0.15, -0.1) is 11.3 Å². The SMILES string of the molecule is O=[N+]([O-])c1csc(Cl)c1N1CCOCC1. The molecule has 0 radical (unpaired) electrons. The van der Waals surface area contributed by atoms with Gasteiger partial charge in [0, 0.05) is 13.1 Å². The van der Waals surface area contributed by atoms with Crippen molar-refractivity contribution < 1.29 is 9.66 Å². The van der Waals surface area contributed by atoms with Crippen molar-refractivity contribution in [2.45, 2.75) is 0 Å². The van der Waals surface area contributed by atoms with Crippen molar-refractivity contribution in [2.24, 2.45) is 0 Å². The van der Waals surface area contributed by atoms with Crippen LogP contribution in [-0.2, 0) is 4.74 Å². The van der Waals surface area contributed by atoms with Crippen molar-refractivity contribution in [3.63, 3.8) is 0 Å². The summed E-state index contributed by atoms with van der Waals surface area (Å²) in [6.45, 7) is 2.47. The second kappa shape index (κ2) is 4.34. The highest BCUT2D eigenvalue weighted by molar-refractivity contribution is 7.15. The molecule has 0 spiro atoms. The fraction of sp³-hybridized carbons (Fsp3) is 0.500. The van der Waals surface area contributed by atoms with E-state index >= 15 is 0 Å². The molecule has 82 valence electrons. The van der Waals surface area contributed by atoms with Crippen molar-refractivity contribution in [2.75, 3.05) is 31.2 Å². The molecule has 15 heavy (non-hydrogen) atoms. The maximum atomic E-state index is 10.8. The predicted molar refractivity (Wildman–Crippen MR) is 59.0 cm³/mol. The summed E-state index contributed by atoms with van der Waals surface area (Å²) in [6, 6.07) is 0. The topological polar surface area (TPSA) is 55.6 Å². The lowest BCUT2D eigenvalue weighted by Crippen LogP contribution is -2.36. The van der Waals surface area contributed by atoms with Crippen LogP contribution in [0.1, 0.15) is 0 Å². The highest BCUT2D eigenvalue weighted by atomic mass is 35.5. The number of nitro groups is 1. The Balaban J connectivity index is 2.32. The molecular formula is C8H9ClN2O3S. The third kappa shape index (κ3) is 2.06. The fourth-order valence-corrected chi connectivity index (χ4v) is 2.63. The molecule has 2 rings (SSSR count). The number of nitrogens with zero attached hydrogens (tertiary/aromatic N) is 2. The number of halogens is 1. The van der Waals surface area contributed by atoms with Crippen molar-refractivity contribution in [3.05, 3.63) is 19.8 Å². The second-order valence-corrected chi connectivity index (χ2v) is 4.58. The van der Waals surface area contributed by atoms with Gasteiger partial charge in [0.05, 0.1) is 23.5 Å². The maximum Gasteiger partial charge on any atom is 0.304 e. The summed E-state index contributed by atoms with van der Waals surface area (Å²) in [6.07, 6.45) is 0. The Bertz CT molecular complexity index is 376. The van der Waals surface area contributed by atoms with Crippen LogP contribution < -0.4 is 4.90 Å². The average molecular weight is 249 g/mol. The molecule has 1 saturated heterocycles. The van der Waals surface area contributed by atoms with Gasteiger partial charge in [-0.05, 0) is 0 Å². The van der Waals surface area contributed by atoms with Crippen molar-refractivity contribution in [1.82, 2.24) is 0 Å². The molecule has 1 aliphatic rings. The summed E-state index contributed by atoms with van der Waals surface area (Å²) in [7, 11) is 0. The van der Waals surface area contributed by atoms with E-state index in [0.717, 1.165) is 0 Å². The first-order chi connectivity index (χ1) is 7.20. The van der Waals surface area contributed by atoms with Gasteiger partial charge in [0.25, 0.3) is 0 Å². The lowest BCUT2D eigenvalue weighted by atomic mass is 10.3. The number of thiophene rings is 1. The maximum absolute atomic E-state index is 10.8. The molecule has 5 nitrogen and oxygen atoms in total. The van der Waals surface area contributed by atoms with E-state index in [9.17, 15) is 10.1 Å². The van der Waals surface area contributed by atoms with Gasteiger partial charge in [0.2, 0.25) is 0 Å². The molecule has 0 saturated carbocycles. The molecule has 0 bridgehead atoms. The largest absolute Gasteiger partial charge is 0.378 e. The number of anilines is 1. The van der Waals surface area contributed by atoms with Gasteiger partial charge < -0.3 is 9.64 Å². The smallest absolute Gasteiger partial charge is 0.304 e. The Kier molecular flexibility index (Phi) is 3.08. The number of hydrogen-bond donors (Lipinski definition) is 0. The van der Waals surface area contributed by atoms with Crippen LogP contribution in [0.5, 0.6) is 0 Å². The summed E-state index contributed by atoms with van der Waals surface area (Å²) >= 11 is 7.15. The van der Waals surface area contributed by atoms with Gasteiger partial charge in [0.1, 0.15) is 10.0 Å². The van der Waals surface area contributed by atoms with Gasteiger partial charge >= 0.3 is 5.69 Å². The van der Waals surface area contributed by atoms with Crippen LogP contribution in [0.4, 0.5) is 11.4 Å². The standard InChI is InChI=1S/C8H9ClN2O3S/c9-8-7(6(5-15-8)11(12)13)10-1-3-14-4-2-10/h5H,1-4H2. The lowest BCUT2D eigenvalue weighted by molar-refractivity contribution is -0.383. The van der Waals surface area contributed by atoms with E-state index in [0.29, 0.717) is 36.3 Å². The molecule has 0 aromatic carbocycles. The zero-order valence-electron chi connectivity index (χ0n) is 7.81. The highest BCUT2D eigenvalue weighted by Gasteiger charge is 2.26. The minimum absolute atomic E-state index is 0.0897. The summed E-state index contributed by atoms with van der Waals surface area (Å²) < 4.78 is 5.66. The Morgan fingerprint density at radius 3 is 2.80 bits per heavy atom. The van der Waals surface area contributed by atoms with E-state index in [1.807, 2.05) is 4.90 Å². The molecule has 0 amide bonds. The number of rotatable bonds is 2. The lowest BCUT2D eigenvalue weighted by Gasteiger charge is -2.27. The van der Waals surface area contributed by atoms with Crippen LogP contribution in [0.25, 0.3) is 0 Å².